The van der Waals surface area contributed by atoms with Crippen LogP contribution in [0, 0.1) is 5.82 Å². The fraction of sp³-hybridized carbons (Fsp3) is 0.478. The molecule has 1 aliphatic carbocycles. The number of benzene rings is 2. The maximum atomic E-state index is 15.4. The highest BCUT2D eigenvalue weighted by atomic mass is 19.1. The van der Waals surface area contributed by atoms with E-state index < -0.39 is 0 Å². The molecule has 0 aliphatic heterocycles. The van der Waals surface area contributed by atoms with Gasteiger partial charge in [-0.2, -0.15) is 0 Å². The fourth-order valence-electron chi connectivity index (χ4n) is 4.06. The largest absolute Gasteiger partial charge is 0.206 e. The van der Waals surface area contributed by atoms with Gasteiger partial charge in [0.1, 0.15) is 5.82 Å². The van der Waals surface area contributed by atoms with E-state index in [9.17, 15) is 0 Å². The van der Waals surface area contributed by atoms with Gasteiger partial charge >= 0.3 is 0 Å². The quantitative estimate of drug-likeness (QED) is 0.490. The van der Waals surface area contributed by atoms with Crippen molar-refractivity contribution in [1.82, 2.24) is 0 Å². The van der Waals surface area contributed by atoms with Crippen LogP contribution in [-0.4, -0.2) is 0 Å². The van der Waals surface area contributed by atoms with Crippen molar-refractivity contribution in [3.8, 4) is 11.1 Å². The number of hydrogen-bond acceptors (Lipinski definition) is 0. The molecule has 128 valence electrons. The molecule has 2 aromatic rings. The van der Waals surface area contributed by atoms with Crippen LogP contribution in [0.1, 0.15) is 75.3 Å². The molecule has 1 heteroatoms. The lowest BCUT2D eigenvalue weighted by atomic mass is 9.79. The van der Waals surface area contributed by atoms with Gasteiger partial charge in [-0.15, -0.1) is 0 Å². The van der Waals surface area contributed by atoms with E-state index >= 15 is 4.39 Å². The zero-order valence-corrected chi connectivity index (χ0v) is 14.9. The van der Waals surface area contributed by atoms with Crippen LogP contribution >= 0.6 is 0 Å². The molecular formula is C23H29F. The molecule has 1 aliphatic rings. The van der Waals surface area contributed by atoms with Gasteiger partial charge < -0.3 is 0 Å². The van der Waals surface area contributed by atoms with E-state index in [0.717, 1.165) is 47.9 Å². The monoisotopic (exact) mass is 324 g/mol. The fourth-order valence-corrected chi connectivity index (χ4v) is 4.06. The van der Waals surface area contributed by atoms with Crippen molar-refractivity contribution in [2.45, 2.75) is 70.6 Å². The minimum absolute atomic E-state index is 0.0827. The first-order valence-corrected chi connectivity index (χ1v) is 9.68. The van der Waals surface area contributed by atoms with Crippen LogP contribution < -0.4 is 0 Å². The normalized spacial score (nSPS) is 15.6. The SMILES string of the molecule is CCCCCc1ccc(-c2ccccc2)c(C2CCCCC2)c1F. The predicted molar refractivity (Wildman–Crippen MR) is 101 cm³/mol. The van der Waals surface area contributed by atoms with Crippen molar-refractivity contribution in [2.24, 2.45) is 0 Å². The van der Waals surface area contributed by atoms with E-state index in [1.165, 1.54) is 32.1 Å². The van der Waals surface area contributed by atoms with Gasteiger partial charge in [0.2, 0.25) is 0 Å². The Labute approximate surface area is 146 Å². The Balaban J connectivity index is 2.00. The van der Waals surface area contributed by atoms with E-state index in [2.05, 4.69) is 25.1 Å². The Morgan fingerprint density at radius 1 is 0.917 bits per heavy atom. The van der Waals surface area contributed by atoms with Gasteiger partial charge in [-0.25, -0.2) is 4.39 Å². The van der Waals surface area contributed by atoms with Gasteiger partial charge in [0.25, 0.3) is 0 Å². The van der Waals surface area contributed by atoms with Gasteiger partial charge in [0.05, 0.1) is 0 Å². The highest BCUT2D eigenvalue weighted by Gasteiger charge is 2.24. The maximum absolute atomic E-state index is 15.4. The lowest BCUT2D eigenvalue weighted by Gasteiger charge is -2.26. The smallest absolute Gasteiger partial charge is 0.130 e. The molecule has 2 aromatic carbocycles. The first kappa shape index (κ1) is 17.2. The molecule has 0 radical (unpaired) electrons. The number of rotatable bonds is 6. The Bertz CT molecular complexity index is 639. The lowest BCUT2D eigenvalue weighted by molar-refractivity contribution is 0.428. The number of hydrogen-bond donors (Lipinski definition) is 0. The minimum atomic E-state index is 0.0827. The summed E-state index contributed by atoms with van der Waals surface area (Å²) < 4.78 is 15.4. The van der Waals surface area contributed by atoms with Crippen LogP contribution in [0.3, 0.4) is 0 Å². The molecule has 0 spiro atoms. The average Bonchev–Trinajstić information content (AvgIpc) is 2.64. The Hall–Kier alpha value is -1.63. The standard InChI is InChI=1S/C23H29F/c1-2-3-6-15-20-16-17-21(18-11-7-4-8-12-18)22(23(20)24)19-13-9-5-10-14-19/h4,7-8,11-12,16-17,19H,2-3,5-6,9-10,13-15H2,1H3. The van der Waals surface area contributed by atoms with E-state index in [0.29, 0.717) is 5.92 Å². The van der Waals surface area contributed by atoms with Gasteiger partial charge in [0, 0.05) is 0 Å². The molecule has 24 heavy (non-hydrogen) atoms. The number of unbranched alkanes of at least 4 members (excludes halogenated alkanes) is 2. The zero-order valence-electron chi connectivity index (χ0n) is 14.9. The van der Waals surface area contributed by atoms with Crippen molar-refractivity contribution in [3.05, 3.63) is 59.4 Å². The topological polar surface area (TPSA) is 0 Å². The highest BCUT2D eigenvalue weighted by molar-refractivity contribution is 5.69. The van der Waals surface area contributed by atoms with Crippen molar-refractivity contribution in [3.63, 3.8) is 0 Å². The van der Waals surface area contributed by atoms with E-state index in [1.54, 1.807) is 0 Å². The average molecular weight is 324 g/mol. The van der Waals surface area contributed by atoms with Crippen LogP contribution in [0.2, 0.25) is 0 Å². The molecule has 0 aromatic heterocycles. The summed E-state index contributed by atoms with van der Waals surface area (Å²) in [5.74, 6) is 0.472. The molecule has 0 nitrogen and oxygen atoms in total. The molecule has 1 saturated carbocycles. The van der Waals surface area contributed by atoms with Crippen molar-refractivity contribution in [2.75, 3.05) is 0 Å². The van der Waals surface area contributed by atoms with Gasteiger partial charge in [-0.05, 0) is 53.9 Å². The summed E-state index contributed by atoms with van der Waals surface area (Å²) in [6.45, 7) is 2.20. The van der Waals surface area contributed by atoms with Crippen LogP contribution in [0.25, 0.3) is 11.1 Å². The maximum Gasteiger partial charge on any atom is 0.130 e. The summed E-state index contributed by atoms with van der Waals surface area (Å²) in [5, 5.41) is 0. The molecule has 3 rings (SSSR count). The van der Waals surface area contributed by atoms with Gasteiger partial charge in [-0.3, -0.25) is 0 Å². The van der Waals surface area contributed by atoms with Gasteiger partial charge in [-0.1, -0.05) is 81.5 Å². The van der Waals surface area contributed by atoms with Crippen LogP contribution in [0.5, 0.6) is 0 Å². The van der Waals surface area contributed by atoms with E-state index in [1.807, 2.05) is 24.3 Å². The molecule has 0 bridgehead atoms. The molecular weight excluding hydrogens is 295 g/mol. The minimum Gasteiger partial charge on any atom is -0.206 e. The van der Waals surface area contributed by atoms with Crippen LogP contribution in [-0.2, 0) is 6.42 Å². The van der Waals surface area contributed by atoms with Crippen LogP contribution in [0.4, 0.5) is 4.39 Å². The third-order valence-corrected chi connectivity index (χ3v) is 5.41. The highest BCUT2D eigenvalue weighted by Crippen LogP contribution is 2.40. The third kappa shape index (κ3) is 3.88. The first-order chi connectivity index (χ1) is 11.8. The predicted octanol–water partition coefficient (Wildman–Crippen LogP) is 7.27. The number of aryl methyl sites for hydroxylation is 1. The Kier molecular flexibility index (Phi) is 6.07. The second-order valence-corrected chi connectivity index (χ2v) is 7.16. The second kappa shape index (κ2) is 8.46. The van der Waals surface area contributed by atoms with Crippen LogP contribution in [0.15, 0.2) is 42.5 Å². The lowest BCUT2D eigenvalue weighted by Crippen LogP contribution is -2.10. The molecule has 0 unspecified atom stereocenters. The zero-order chi connectivity index (χ0) is 16.8. The summed E-state index contributed by atoms with van der Waals surface area (Å²) in [6, 6.07) is 14.5. The Morgan fingerprint density at radius 3 is 2.38 bits per heavy atom. The molecule has 0 saturated heterocycles. The van der Waals surface area contributed by atoms with Crippen molar-refractivity contribution < 1.29 is 4.39 Å². The summed E-state index contributed by atoms with van der Waals surface area (Å²) in [6.07, 6.45) is 10.4. The molecule has 0 amide bonds. The molecule has 0 atom stereocenters. The van der Waals surface area contributed by atoms with Crippen molar-refractivity contribution in [1.29, 1.82) is 0 Å². The third-order valence-electron chi connectivity index (χ3n) is 5.41. The second-order valence-electron chi connectivity index (χ2n) is 7.16. The van der Waals surface area contributed by atoms with Crippen molar-refractivity contribution >= 4 is 0 Å². The molecule has 0 N–H and O–H groups in total. The molecule has 1 fully saturated rings. The Morgan fingerprint density at radius 2 is 1.67 bits per heavy atom. The number of halogens is 1. The summed E-state index contributed by atoms with van der Waals surface area (Å²) >= 11 is 0. The summed E-state index contributed by atoms with van der Waals surface area (Å²) in [7, 11) is 0. The summed E-state index contributed by atoms with van der Waals surface area (Å²) in [4.78, 5) is 0. The first-order valence-electron chi connectivity index (χ1n) is 9.68. The summed E-state index contributed by atoms with van der Waals surface area (Å²) in [5.41, 5.74) is 4.18. The van der Waals surface area contributed by atoms with E-state index in [4.69, 9.17) is 0 Å². The molecule has 0 heterocycles. The van der Waals surface area contributed by atoms with E-state index in [-0.39, 0.29) is 5.82 Å². The van der Waals surface area contributed by atoms with Gasteiger partial charge in [0.15, 0.2) is 0 Å².